The number of aryl methyl sites for hydroxylation is 1. The van der Waals surface area contributed by atoms with E-state index in [1.807, 2.05) is 61.5 Å². The molecule has 32 heavy (non-hydrogen) atoms. The van der Waals surface area contributed by atoms with E-state index in [-0.39, 0.29) is 49.4 Å². The van der Waals surface area contributed by atoms with Crippen molar-refractivity contribution in [2.75, 3.05) is 19.6 Å². The van der Waals surface area contributed by atoms with Crippen LogP contribution in [0.15, 0.2) is 54.6 Å². The molecule has 1 N–H and O–H groups in total. The number of benzene rings is 2. The van der Waals surface area contributed by atoms with E-state index in [4.69, 9.17) is 0 Å². The van der Waals surface area contributed by atoms with E-state index in [9.17, 15) is 19.2 Å². The SMILES string of the molecule is Cc1ccccc1C1(CC(=O)N2CCNC(=O)CC2)CC(=O)N(Cc2ccccc2)C1=O. The molecule has 2 aliphatic heterocycles. The van der Waals surface area contributed by atoms with E-state index in [1.54, 1.807) is 4.90 Å². The minimum absolute atomic E-state index is 0.0414. The Morgan fingerprint density at radius 1 is 1.00 bits per heavy atom. The summed E-state index contributed by atoms with van der Waals surface area (Å²) in [5, 5.41) is 2.76. The fraction of sp³-hybridized carbons (Fsp3) is 0.360. The third-order valence-electron chi connectivity index (χ3n) is 6.37. The second kappa shape index (κ2) is 8.94. The van der Waals surface area contributed by atoms with Crippen molar-refractivity contribution in [3.8, 4) is 0 Å². The van der Waals surface area contributed by atoms with Gasteiger partial charge in [-0.25, -0.2) is 0 Å². The first-order chi connectivity index (χ1) is 15.4. The van der Waals surface area contributed by atoms with E-state index in [2.05, 4.69) is 5.32 Å². The second-order valence-electron chi connectivity index (χ2n) is 8.50. The number of nitrogens with one attached hydrogen (secondary N) is 1. The fourth-order valence-electron chi connectivity index (χ4n) is 4.67. The van der Waals surface area contributed by atoms with Gasteiger partial charge in [-0.1, -0.05) is 54.6 Å². The highest BCUT2D eigenvalue weighted by Crippen LogP contribution is 2.42. The molecule has 1 unspecified atom stereocenters. The van der Waals surface area contributed by atoms with Gasteiger partial charge in [0, 0.05) is 38.9 Å². The summed E-state index contributed by atoms with van der Waals surface area (Å²) in [4.78, 5) is 54.8. The van der Waals surface area contributed by atoms with Crippen molar-refractivity contribution in [3.05, 3.63) is 71.3 Å². The van der Waals surface area contributed by atoms with Crippen LogP contribution >= 0.6 is 0 Å². The van der Waals surface area contributed by atoms with Crippen LogP contribution in [0.1, 0.15) is 36.0 Å². The van der Waals surface area contributed by atoms with E-state index in [1.165, 1.54) is 4.90 Å². The lowest BCUT2D eigenvalue weighted by molar-refractivity contribution is -0.143. The monoisotopic (exact) mass is 433 g/mol. The van der Waals surface area contributed by atoms with Crippen molar-refractivity contribution in [2.45, 2.75) is 38.1 Å². The molecular formula is C25H27N3O4. The molecule has 2 aromatic carbocycles. The minimum Gasteiger partial charge on any atom is -0.354 e. The molecule has 0 spiro atoms. The summed E-state index contributed by atoms with van der Waals surface area (Å²) >= 11 is 0. The van der Waals surface area contributed by atoms with Gasteiger partial charge in [-0.05, 0) is 23.6 Å². The third kappa shape index (κ3) is 4.15. The van der Waals surface area contributed by atoms with E-state index >= 15 is 0 Å². The molecule has 0 radical (unpaired) electrons. The highest BCUT2D eigenvalue weighted by Gasteiger charge is 2.54. The Kier molecular flexibility index (Phi) is 6.08. The molecule has 0 aliphatic carbocycles. The van der Waals surface area contributed by atoms with Crippen molar-refractivity contribution in [3.63, 3.8) is 0 Å². The standard InChI is InChI=1S/C25H27N3O4/c1-18-7-5-6-10-20(18)25(15-22(30)27-13-11-21(29)26-12-14-27)16-23(31)28(24(25)32)17-19-8-3-2-4-9-19/h2-10H,11-17H2,1H3,(H,26,29). The predicted octanol–water partition coefficient (Wildman–Crippen LogP) is 1.93. The number of nitrogens with zero attached hydrogens (tertiary/aromatic N) is 2. The van der Waals surface area contributed by atoms with Crippen molar-refractivity contribution in [2.24, 2.45) is 0 Å². The highest BCUT2D eigenvalue weighted by atomic mass is 16.2. The van der Waals surface area contributed by atoms with Crippen LogP contribution in [0.2, 0.25) is 0 Å². The molecule has 7 heteroatoms. The summed E-state index contributed by atoms with van der Waals surface area (Å²) in [7, 11) is 0. The van der Waals surface area contributed by atoms with Crippen LogP contribution in [0.3, 0.4) is 0 Å². The first-order valence-corrected chi connectivity index (χ1v) is 10.9. The molecule has 4 rings (SSSR count). The van der Waals surface area contributed by atoms with E-state index in [0.29, 0.717) is 25.2 Å². The van der Waals surface area contributed by atoms with Crippen LogP contribution in [-0.2, 0) is 31.1 Å². The van der Waals surface area contributed by atoms with Crippen molar-refractivity contribution in [1.82, 2.24) is 15.1 Å². The predicted molar refractivity (Wildman–Crippen MR) is 118 cm³/mol. The molecule has 2 fully saturated rings. The normalized spacial score (nSPS) is 21.5. The lowest BCUT2D eigenvalue weighted by Gasteiger charge is -2.31. The summed E-state index contributed by atoms with van der Waals surface area (Å²) in [6, 6.07) is 16.8. The largest absolute Gasteiger partial charge is 0.354 e. The van der Waals surface area contributed by atoms with Crippen molar-refractivity contribution >= 4 is 23.6 Å². The summed E-state index contributed by atoms with van der Waals surface area (Å²) < 4.78 is 0. The van der Waals surface area contributed by atoms with Gasteiger partial charge in [0.15, 0.2) is 0 Å². The first kappa shape index (κ1) is 21.7. The highest BCUT2D eigenvalue weighted by molar-refractivity contribution is 6.10. The smallest absolute Gasteiger partial charge is 0.241 e. The Morgan fingerprint density at radius 3 is 2.47 bits per heavy atom. The number of carbonyl (C=O) groups is 4. The Balaban J connectivity index is 1.67. The molecule has 1 atom stereocenters. The van der Waals surface area contributed by atoms with Crippen molar-refractivity contribution in [1.29, 1.82) is 0 Å². The maximum absolute atomic E-state index is 13.8. The molecule has 2 aromatic rings. The van der Waals surface area contributed by atoms with Gasteiger partial charge in [-0.3, -0.25) is 24.1 Å². The first-order valence-electron chi connectivity index (χ1n) is 10.9. The quantitative estimate of drug-likeness (QED) is 0.730. The molecule has 2 aliphatic rings. The second-order valence-corrected chi connectivity index (χ2v) is 8.50. The third-order valence-corrected chi connectivity index (χ3v) is 6.37. The summed E-state index contributed by atoms with van der Waals surface area (Å²) in [5.74, 6) is -0.914. The maximum atomic E-state index is 13.8. The molecule has 4 amide bonds. The minimum atomic E-state index is -1.24. The number of rotatable bonds is 5. The molecular weight excluding hydrogens is 406 g/mol. The number of imide groups is 1. The molecule has 2 saturated heterocycles. The lowest BCUT2D eigenvalue weighted by atomic mass is 9.74. The van der Waals surface area contributed by atoms with Crippen LogP contribution in [0.5, 0.6) is 0 Å². The topological polar surface area (TPSA) is 86.8 Å². The van der Waals surface area contributed by atoms with Gasteiger partial charge in [0.1, 0.15) is 0 Å². The zero-order valence-electron chi connectivity index (χ0n) is 18.2. The average molecular weight is 434 g/mol. The average Bonchev–Trinajstić information content (AvgIpc) is 2.92. The zero-order chi connectivity index (χ0) is 22.7. The van der Waals surface area contributed by atoms with Gasteiger partial charge in [0.2, 0.25) is 23.6 Å². The molecule has 0 bridgehead atoms. The van der Waals surface area contributed by atoms with Gasteiger partial charge in [-0.15, -0.1) is 0 Å². The summed E-state index contributed by atoms with van der Waals surface area (Å²) in [5.41, 5.74) is 1.21. The number of carbonyl (C=O) groups excluding carboxylic acids is 4. The zero-order valence-corrected chi connectivity index (χ0v) is 18.2. The van der Waals surface area contributed by atoms with Crippen LogP contribution in [0.25, 0.3) is 0 Å². The van der Waals surface area contributed by atoms with Gasteiger partial charge < -0.3 is 10.2 Å². The summed E-state index contributed by atoms with van der Waals surface area (Å²) in [6.07, 6.45) is 0.0955. The van der Waals surface area contributed by atoms with Gasteiger partial charge in [-0.2, -0.15) is 0 Å². The number of likely N-dealkylation sites (tertiary alicyclic amines) is 1. The fourth-order valence-corrected chi connectivity index (χ4v) is 4.67. The molecule has 0 saturated carbocycles. The summed E-state index contributed by atoms with van der Waals surface area (Å²) in [6.45, 7) is 3.17. The van der Waals surface area contributed by atoms with Crippen LogP contribution in [0.4, 0.5) is 0 Å². The van der Waals surface area contributed by atoms with Crippen LogP contribution in [0, 0.1) is 6.92 Å². The Labute approximate surface area is 187 Å². The molecule has 2 heterocycles. The Bertz CT molecular complexity index is 1050. The lowest BCUT2D eigenvalue weighted by Crippen LogP contribution is -2.44. The van der Waals surface area contributed by atoms with Gasteiger partial charge in [0.05, 0.1) is 12.0 Å². The van der Waals surface area contributed by atoms with Gasteiger partial charge >= 0.3 is 0 Å². The van der Waals surface area contributed by atoms with Crippen molar-refractivity contribution < 1.29 is 19.2 Å². The van der Waals surface area contributed by atoms with Crippen LogP contribution in [-0.4, -0.2) is 53.1 Å². The van der Waals surface area contributed by atoms with E-state index < -0.39 is 5.41 Å². The van der Waals surface area contributed by atoms with E-state index in [0.717, 1.165) is 11.1 Å². The molecule has 7 nitrogen and oxygen atoms in total. The Morgan fingerprint density at radius 2 is 1.72 bits per heavy atom. The molecule has 166 valence electrons. The Hall–Kier alpha value is -3.48. The number of amides is 4. The number of hydrogen-bond acceptors (Lipinski definition) is 4. The van der Waals surface area contributed by atoms with Gasteiger partial charge in [0.25, 0.3) is 0 Å². The molecule has 0 aromatic heterocycles. The maximum Gasteiger partial charge on any atom is 0.241 e. The van der Waals surface area contributed by atoms with Crippen LogP contribution < -0.4 is 5.32 Å². The number of hydrogen-bond donors (Lipinski definition) is 1.